The highest BCUT2D eigenvalue weighted by molar-refractivity contribution is 5.86. The van der Waals surface area contributed by atoms with Gasteiger partial charge in [-0.2, -0.15) is 0 Å². The molecule has 3 amide bonds. The van der Waals surface area contributed by atoms with Crippen LogP contribution in [0.4, 0.5) is 4.79 Å². The number of urea groups is 1. The first-order chi connectivity index (χ1) is 12.1. The van der Waals surface area contributed by atoms with Crippen LogP contribution in [0.3, 0.4) is 0 Å². The van der Waals surface area contributed by atoms with Gasteiger partial charge in [-0.3, -0.25) is 4.79 Å². The molecule has 25 heavy (non-hydrogen) atoms. The van der Waals surface area contributed by atoms with Gasteiger partial charge in [0.15, 0.2) is 0 Å². The zero-order valence-electron chi connectivity index (χ0n) is 13.6. The number of pyridine rings is 1. The van der Waals surface area contributed by atoms with E-state index in [4.69, 9.17) is 5.73 Å². The zero-order valence-corrected chi connectivity index (χ0v) is 13.6. The molecule has 7 heteroatoms. The van der Waals surface area contributed by atoms with Crippen molar-refractivity contribution in [2.75, 3.05) is 6.54 Å². The topological polar surface area (TPSA) is 102 Å². The van der Waals surface area contributed by atoms with E-state index in [9.17, 15) is 9.59 Å². The Balaban J connectivity index is 1.54. The molecule has 0 aliphatic heterocycles. The Morgan fingerprint density at radius 2 is 1.88 bits per heavy atom. The molecular weight excluding hydrogens is 318 g/mol. The first kappa shape index (κ1) is 16.5. The van der Waals surface area contributed by atoms with Crippen LogP contribution in [0.1, 0.15) is 17.3 Å². The van der Waals surface area contributed by atoms with Crippen molar-refractivity contribution in [3.8, 4) is 0 Å². The number of fused-ring (bicyclic) bond motifs is 1. The summed E-state index contributed by atoms with van der Waals surface area (Å²) < 4.78 is 1.92. The number of nitrogens with two attached hydrogens (primary N) is 1. The number of benzene rings is 1. The number of nitrogens with zero attached hydrogens (tertiary/aromatic N) is 2. The third kappa shape index (κ3) is 4.14. The summed E-state index contributed by atoms with van der Waals surface area (Å²) in [6.45, 7) is 0.399. The quantitative estimate of drug-likeness (QED) is 0.634. The highest BCUT2D eigenvalue weighted by Crippen LogP contribution is 2.11. The van der Waals surface area contributed by atoms with Gasteiger partial charge in [0.25, 0.3) is 0 Å². The van der Waals surface area contributed by atoms with Crippen LogP contribution < -0.4 is 16.4 Å². The fourth-order valence-corrected chi connectivity index (χ4v) is 2.56. The molecule has 0 aliphatic carbocycles. The SMILES string of the molecule is NC(=O)[C@H](NC(=O)NCCc1cn2ccccc2n1)c1ccccc1. The maximum absolute atomic E-state index is 12.0. The number of carbonyl (C=O) groups excluding carboxylic acids is 2. The molecule has 0 radical (unpaired) electrons. The van der Waals surface area contributed by atoms with Crippen molar-refractivity contribution in [3.05, 3.63) is 72.2 Å². The summed E-state index contributed by atoms with van der Waals surface area (Å²) in [4.78, 5) is 28.1. The second-order valence-corrected chi connectivity index (χ2v) is 5.59. The van der Waals surface area contributed by atoms with Crippen LogP contribution in [0.15, 0.2) is 60.9 Å². The molecule has 0 saturated heterocycles. The van der Waals surface area contributed by atoms with E-state index in [1.165, 1.54) is 0 Å². The predicted octanol–water partition coefficient (Wildman–Crippen LogP) is 1.40. The largest absolute Gasteiger partial charge is 0.368 e. The molecule has 128 valence electrons. The molecule has 0 fully saturated rings. The van der Waals surface area contributed by atoms with E-state index in [2.05, 4.69) is 15.6 Å². The Morgan fingerprint density at radius 3 is 2.60 bits per heavy atom. The lowest BCUT2D eigenvalue weighted by atomic mass is 10.1. The standard InChI is InChI=1S/C18H19N5O2/c19-17(24)16(13-6-2-1-3-7-13)22-18(25)20-10-9-14-12-23-11-5-4-8-15(23)21-14/h1-8,11-12,16H,9-10H2,(H2,19,24)(H2,20,22,25)/t16-/m1/s1. The minimum Gasteiger partial charge on any atom is -0.368 e. The molecule has 4 N–H and O–H groups in total. The van der Waals surface area contributed by atoms with Crippen LogP contribution in [0.5, 0.6) is 0 Å². The van der Waals surface area contributed by atoms with Gasteiger partial charge in [-0.1, -0.05) is 36.4 Å². The van der Waals surface area contributed by atoms with Crippen LogP contribution in [0, 0.1) is 0 Å². The van der Waals surface area contributed by atoms with Gasteiger partial charge in [0.2, 0.25) is 5.91 Å². The van der Waals surface area contributed by atoms with E-state index in [1.54, 1.807) is 24.3 Å². The molecule has 1 aromatic carbocycles. The van der Waals surface area contributed by atoms with Gasteiger partial charge in [0, 0.05) is 25.4 Å². The van der Waals surface area contributed by atoms with E-state index in [0.29, 0.717) is 18.5 Å². The summed E-state index contributed by atoms with van der Waals surface area (Å²) in [5.41, 5.74) is 7.77. The minimum absolute atomic E-state index is 0.399. The van der Waals surface area contributed by atoms with Gasteiger partial charge in [-0.15, -0.1) is 0 Å². The molecule has 2 aromatic heterocycles. The molecule has 3 aromatic rings. The molecule has 3 rings (SSSR count). The Bertz CT molecular complexity index is 842. The van der Waals surface area contributed by atoms with Crippen molar-refractivity contribution in [3.63, 3.8) is 0 Å². The lowest BCUT2D eigenvalue weighted by Crippen LogP contribution is -2.43. The molecule has 2 heterocycles. The third-order valence-corrected chi connectivity index (χ3v) is 3.77. The van der Waals surface area contributed by atoms with Crippen LogP contribution >= 0.6 is 0 Å². The maximum Gasteiger partial charge on any atom is 0.315 e. The summed E-state index contributed by atoms with van der Waals surface area (Å²) in [5.74, 6) is -0.610. The first-order valence-electron chi connectivity index (χ1n) is 7.95. The van der Waals surface area contributed by atoms with Gasteiger partial charge in [-0.05, 0) is 17.7 Å². The summed E-state index contributed by atoms with van der Waals surface area (Å²) in [6, 6.07) is 13.3. The van der Waals surface area contributed by atoms with Gasteiger partial charge in [-0.25, -0.2) is 9.78 Å². The molecule has 0 bridgehead atoms. The Labute approximate surface area is 144 Å². The summed E-state index contributed by atoms with van der Waals surface area (Å²) in [5, 5.41) is 5.32. The average Bonchev–Trinajstić information content (AvgIpc) is 3.03. The van der Waals surface area contributed by atoms with Crippen molar-refractivity contribution >= 4 is 17.6 Å². The Hall–Kier alpha value is -3.35. The molecule has 0 saturated carbocycles. The fraction of sp³-hybridized carbons (Fsp3) is 0.167. The van der Waals surface area contributed by atoms with Crippen molar-refractivity contribution in [1.29, 1.82) is 0 Å². The Kier molecular flexibility index (Phi) is 4.94. The highest BCUT2D eigenvalue weighted by atomic mass is 16.2. The summed E-state index contributed by atoms with van der Waals surface area (Å²) in [6.07, 6.45) is 4.43. The number of rotatable bonds is 6. The number of imidazole rings is 1. The summed E-state index contributed by atoms with van der Waals surface area (Å²) >= 11 is 0. The maximum atomic E-state index is 12.0. The number of hydrogen-bond acceptors (Lipinski definition) is 3. The van der Waals surface area contributed by atoms with Crippen LogP contribution in [0.25, 0.3) is 5.65 Å². The Morgan fingerprint density at radius 1 is 1.12 bits per heavy atom. The van der Waals surface area contributed by atoms with Crippen LogP contribution in [0.2, 0.25) is 0 Å². The number of nitrogens with one attached hydrogen (secondary N) is 2. The molecule has 0 aliphatic rings. The number of primary amides is 1. The van der Waals surface area contributed by atoms with Crippen molar-refractivity contribution < 1.29 is 9.59 Å². The first-order valence-corrected chi connectivity index (χ1v) is 7.95. The number of hydrogen-bond donors (Lipinski definition) is 3. The van der Waals surface area contributed by atoms with Crippen molar-refractivity contribution in [2.24, 2.45) is 5.73 Å². The number of aromatic nitrogens is 2. The molecule has 0 unspecified atom stereocenters. The van der Waals surface area contributed by atoms with Crippen molar-refractivity contribution in [1.82, 2.24) is 20.0 Å². The monoisotopic (exact) mass is 337 g/mol. The molecule has 7 nitrogen and oxygen atoms in total. The van der Waals surface area contributed by atoms with Gasteiger partial charge >= 0.3 is 6.03 Å². The van der Waals surface area contributed by atoms with Gasteiger partial charge in [0.05, 0.1) is 5.69 Å². The smallest absolute Gasteiger partial charge is 0.315 e. The number of carbonyl (C=O) groups is 2. The van der Waals surface area contributed by atoms with Crippen molar-refractivity contribution in [2.45, 2.75) is 12.5 Å². The van der Waals surface area contributed by atoms with E-state index < -0.39 is 18.0 Å². The van der Waals surface area contributed by atoms with E-state index in [1.807, 2.05) is 41.1 Å². The van der Waals surface area contributed by atoms with E-state index in [-0.39, 0.29) is 0 Å². The van der Waals surface area contributed by atoms with Crippen LogP contribution in [-0.2, 0) is 11.2 Å². The highest BCUT2D eigenvalue weighted by Gasteiger charge is 2.19. The van der Waals surface area contributed by atoms with Gasteiger partial charge < -0.3 is 20.8 Å². The second kappa shape index (κ2) is 7.48. The summed E-state index contributed by atoms with van der Waals surface area (Å²) in [7, 11) is 0. The second-order valence-electron chi connectivity index (χ2n) is 5.59. The lowest BCUT2D eigenvalue weighted by Gasteiger charge is -2.16. The van der Waals surface area contributed by atoms with E-state index >= 15 is 0 Å². The van der Waals surface area contributed by atoms with E-state index in [0.717, 1.165) is 11.3 Å². The third-order valence-electron chi connectivity index (χ3n) is 3.77. The average molecular weight is 337 g/mol. The fourth-order valence-electron chi connectivity index (χ4n) is 2.56. The molecule has 1 atom stereocenters. The minimum atomic E-state index is -0.864. The normalized spacial score (nSPS) is 11.8. The van der Waals surface area contributed by atoms with Gasteiger partial charge in [0.1, 0.15) is 11.7 Å². The predicted molar refractivity (Wildman–Crippen MR) is 93.8 cm³/mol. The molecule has 0 spiro atoms. The lowest BCUT2D eigenvalue weighted by molar-refractivity contribution is -0.119. The zero-order chi connectivity index (χ0) is 17.6. The molecular formula is C18H19N5O2. The number of amides is 3. The van der Waals surface area contributed by atoms with Crippen LogP contribution in [-0.4, -0.2) is 27.9 Å².